The van der Waals surface area contributed by atoms with Crippen LogP contribution in [0, 0.1) is 5.92 Å². The molecule has 0 bridgehead atoms. The van der Waals surface area contributed by atoms with E-state index in [1.54, 1.807) is 0 Å². The molecule has 1 saturated carbocycles. The Morgan fingerprint density at radius 1 is 1.23 bits per heavy atom. The summed E-state index contributed by atoms with van der Waals surface area (Å²) in [6.45, 7) is 5.30. The Bertz CT molecular complexity index is 136. The minimum Gasteiger partial charge on any atom is -0.393 e. The fourth-order valence-electron chi connectivity index (χ4n) is 1.99. The molecule has 2 nitrogen and oxygen atoms in total. The van der Waals surface area contributed by atoms with Gasteiger partial charge in [0.15, 0.2) is 0 Å². The van der Waals surface area contributed by atoms with Gasteiger partial charge in [0, 0.05) is 12.6 Å². The maximum absolute atomic E-state index is 9.82. The molecule has 0 aromatic rings. The lowest BCUT2D eigenvalue weighted by Gasteiger charge is -2.21. The molecule has 0 unspecified atom stereocenters. The molecule has 1 fully saturated rings. The van der Waals surface area contributed by atoms with Crippen molar-refractivity contribution in [3.63, 3.8) is 0 Å². The molecule has 1 aliphatic carbocycles. The van der Waals surface area contributed by atoms with Crippen LogP contribution in [-0.4, -0.2) is 23.8 Å². The van der Waals surface area contributed by atoms with Crippen LogP contribution in [0.1, 0.15) is 46.0 Å². The van der Waals surface area contributed by atoms with Crippen molar-refractivity contribution in [2.45, 2.75) is 58.1 Å². The van der Waals surface area contributed by atoms with Gasteiger partial charge in [0.1, 0.15) is 0 Å². The number of hydrogen-bond donors (Lipinski definition) is 2. The van der Waals surface area contributed by atoms with Gasteiger partial charge in [-0.1, -0.05) is 33.1 Å². The first-order valence-electron chi connectivity index (χ1n) is 5.61. The van der Waals surface area contributed by atoms with E-state index in [1.807, 2.05) is 0 Å². The summed E-state index contributed by atoms with van der Waals surface area (Å²) >= 11 is 0. The normalized spacial score (nSPS) is 30.5. The highest BCUT2D eigenvalue weighted by Gasteiger charge is 2.20. The van der Waals surface area contributed by atoms with Crippen LogP contribution in [0.3, 0.4) is 0 Å². The van der Waals surface area contributed by atoms with E-state index in [0.717, 1.165) is 13.0 Å². The molecule has 0 saturated heterocycles. The molecule has 0 heterocycles. The molecule has 78 valence electrons. The van der Waals surface area contributed by atoms with Gasteiger partial charge in [-0.2, -0.15) is 0 Å². The summed E-state index contributed by atoms with van der Waals surface area (Å²) in [4.78, 5) is 0. The Labute approximate surface area is 81.7 Å². The summed E-state index contributed by atoms with van der Waals surface area (Å²) in [6.07, 6.45) is 5.94. The van der Waals surface area contributed by atoms with Gasteiger partial charge >= 0.3 is 0 Å². The number of rotatable bonds is 3. The van der Waals surface area contributed by atoms with Crippen LogP contribution in [0.4, 0.5) is 0 Å². The van der Waals surface area contributed by atoms with Gasteiger partial charge in [0.2, 0.25) is 0 Å². The smallest absolute Gasteiger partial charge is 0.0580 e. The summed E-state index contributed by atoms with van der Waals surface area (Å²) in [7, 11) is 0. The largest absolute Gasteiger partial charge is 0.393 e. The average molecular weight is 185 g/mol. The Morgan fingerprint density at radius 2 is 1.92 bits per heavy atom. The lowest BCUT2D eigenvalue weighted by molar-refractivity contribution is 0.0988. The molecule has 0 aromatic carbocycles. The highest BCUT2D eigenvalue weighted by Crippen LogP contribution is 2.22. The van der Waals surface area contributed by atoms with Crippen LogP contribution in [0.15, 0.2) is 0 Å². The van der Waals surface area contributed by atoms with Gasteiger partial charge in [-0.3, -0.25) is 0 Å². The van der Waals surface area contributed by atoms with Gasteiger partial charge in [0.05, 0.1) is 6.10 Å². The topological polar surface area (TPSA) is 32.3 Å². The molecule has 0 aliphatic heterocycles. The second-order valence-electron chi connectivity index (χ2n) is 4.53. The van der Waals surface area contributed by atoms with Crippen LogP contribution in [0.25, 0.3) is 0 Å². The van der Waals surface area contributed by atoms with Crippen LogP contribution in [0.5, 0.6) is 0 Å². The molecule has 0 radical (unpaired) electrons. The fraction of sp³-hybridized carbons (Fsp3) is 1.00. The van der Waals surface area contributed by atoms with E-state index >= 15 is 0 Å². The number of aliphatic hydroxyl groups excluding tert-OH is 1. The molecule has 2 heteroatoms. The zero-order chi connectivity index (χ0) is 9.68. The molecular formula is C11H23NO. The van der Waals surface area contributed by atoms with E-state index in [9.17, 15) is 5.11 Å². The maximum Gasteiger partial charge on any atom is 0.0580 e. The van der Waals surface area contributed by atoms with Crippen molar-refractivity contribution >= 4 is 0 Å². The van der Waals surface area contributed by atoms with Gasteiger partial charge in [0.25, 0.3) is 0 Å². The predicted octanol–water partition coefficient (Wildman–Crippen LogP) is 1.93. The SMILES string of the molecule is CC(C)NC[C@@H]1CCCCC[C@@H]1O. The van der Waals surface area contributed by atoms with Crippen molar-refractivity contribution in [1.82, 2.24) is 5.32 Å². The second kappa shape index (κ2) is 5.61. The van der Waals surface area contributed by atoms with Crippen molar-refractivity contribution in [2.75, 3.05) is 6.54 Å². The van der Waals surface area contributed by atoms with E-state index in [0.29, 0.717) is 12.0 Å². The molecule has 0 spiro atoms. The zero-order valence-corrected chi connectivity index (χ0v) is 8.92. The van der Waals surface area contributed by atoms with E-state index in [1.165, 1.54) is 25.7 Å². The maximum atomic E-state index is 9.82. The first kappa shape index (κ1) is 11.0. The molecule has 1 rings (SSSR count). The van der Waals surface area contributed by atoms with Gasteiger partial charge in [-0.15, -0.1) is 0 Å². The van der Waals surface area contributed by atoms with Gasteiger partial charge < -0.3 is 10.4 Å². The lowest BCUT2D eigenvalue weighted by Crippen LogP contribution is -2.34. The van der Waals surface area contributed by atoms with E-state index in [4.69, 9.17) is 0 Å². The molecule has 0 aromatic heterocycles. The third-order valence-electron chi connectivity index (χ3n) is 2.91. The quantitative estimate of drug-likeness (QED) is 0.658. The highest BCUT2D eigenvalue weighted by atomic mass is 16.3. The molecule has 2 N–H and O–H groups in total. The number of aliphatic hydroxyl groups is 1. The van der Waals surface area contributed by atoms with Gasteiger partial charge in [-0.25, -0.2) is 0 Å². The summed E-state index contributed by atoms with van der Waals surface area (Å²) in [5.41, 5.74) is 0. The van der Waals surface area contributed by atoms with Crippen LogP contribution in [-0.2, 0) is 0 Å². The zero-order valence-electron chi connectivity index (χ0n) is 8.92. The molecule has 0 amide bonds. The first-order valence-corrected chi connectivity index (χ1v) is 5.61. The van der Waals surface area contributed by atoms with E-state index in [-0.39, 0.29) is 6.10 Å². The van der Waals surface area contributed by atoms with Crippen molar-refractivity contribution in [2.24, 2.45) is 5.92 Å². The Hall–Kier alpha value is -0.0800. The molecular weight excluding hydrogens is 162 g/mol. The molecule has 2 atom stereocenters. The highest BCUT2D eigenvalue weighted by molar-refractivity contribution is 4.75. The third kappa shape index (κ3) is 4.10. The summed E-state index contributed by atoms with van der Waals surface area (Å²) in [6, 6.07) is 0.537. The van der Waals surface area contributed by atoms with E-state index in [2.05, 4.69) is 19.2 Å². The average Bonchev–Trinajstić information content (AvgIpc) is 2.27. The van der Waals surface area contributed by atoms with Crippen molar-refractivity contribution in [3.8, 4) is 0 Å². The predicted molar refractivity (Wildman–Crippen MR) is 55.7 cm³/mol. The van der Waals surface area contributed by atoms with Crippen LogP contribution >= 0.6 is 0 Å². The lowest BCUT2D eigenvalue weighted by atomic mass is 9.97. The summed E-state index contributed by atoms with van der Waals surface area (Å²) in [5.74, 6) is 0.491. The third-order valence-corrected chi connectivity index (χ3v) is 2.91. The molecule has 13 heavy (non-hydrogen) atoms. The molecule has 1 aliphatic rings. The minimum absolute atomic E-state index is 0.0613. The van der Waals surface area contributed by atoms with E-state index < -0.39 is 0 Å². The van der Waals surface area contributed by atoms with Crippen molar-refractivity contribution in [1.29, 1.82) is 0 Å². The van der Waals surface area contributed by atoms with Crippen LogP contribution in [0.2, 0.25) is 0 Å². The fourth-order valence-corrected chi connectivity index (χ4v) is 1.99. The number of nitrogens with one attached hydrogen (secondary N) is 1. The Balaban J connectivity index is 2.27. The number of hydrogen-bond acceptors (Lipinski definition) is 2. The summed E-state index contributed by atoms with van der Waals surface area (Å²) < 4.78 is 0. The Morgan fingerprint density at radius 3 is 2.62 bits per heavy atom. The van der Waals surface area contributed by atoms with Gasteiger partial charge in [-0.05, 0) is 18.8 Å². The Kier molecular flexibility index (Phi) is 4.74. The van der Waals surface area contributed by atoms with Crippen molar-refractivity contribution in [3.05, 3.63) is 0 Å². The van der Waals surface area contributed by atoms with Crippen LogP contribution < -0.4 is 5.32 Å². The monoisotopic (exact) mass is 185 g/mol. The second-order valence-corrected chi connectivity index (χ2v) is 4.53. The standard InChI is InChI=1S/C11H23NO/c1-9(2)12-8-10-6-4-3-5-7-11(10)13/h9-13H,3-8H2,1-2H3/t10-,11-/m0/s1. The van der Waals surface area contributed by atoms with Crippen molar-refractivity contribution < 1.29 is 5.11 Å². The minimum atomic E-state index is -0.0613. The summed E-state index contributed by atoms with van der Waals surface area (Å²) in [5, 5.41) is 13.2. The first-order chi connectivity index (χ1) is 6.20.